The molecule has 6 nitrogen and oxygen atoms in total. The van der Waals surface area contributed by atoms with E-state index in [4.69, 9.17) is 14.2 Å². The van der Waals surface area contributed by atoms with Gasteiger partial charge in [0.25, 0.3) is 0 Å². The van der Waals surface area contributed by atoms with Crippen LogP contribution in [-0.4, -0.2) is 56.8 Å². The Morgan fingerprint density at radius 3 is 2.24 bits per heavy atom. The largest absolute Gasteiger partial charge is 0.494 e. The Balaban J connectivity index is 0.000000328. The number of ketones is 1. The maximum Gasteiger partial charge on any atom is 0.307 e. The molecule has 0 fully saturated rings. The summed E-state index contributed by atoms with van der Waals surface area (Å²) in [6, 6.07) is 14.3. The molecule has 0 radical (unpaired) electrons. The number of rotatable bonds is 9. The number of allylic oxidation sites excluding steroid dienone is 3. The van der Waals surface area contributed by atoms with Gasteiger partial charge in [-0.1, -0.05) is 36.4 Å². The van der Waals surface area contributed by atoms with Gasteiger partial charge in [0.15, 0.2) is 5.78 Å². The fraction of sp³-hybridized carbons (Fsp3) is 0.407. The van der Waals surface area contributed by atoms with Gasteiger partial charge in [0, 0.05) is 25.7 Å². The van der Waals surface area contributed by atoms with Gasteiger partial charge in [-0.05, 0) is 42.5 Å². The second-order valence-corrected chi connectivity index (χ2v) is 8.82. The van der Waals surface area contributed by atoms with E-state index in [1.807, 2.05) is 58.4 Å². The fourth-order valence-electron chi connectivity index (χ4n) is 2.92. The van der Waals surface area contributed by atoms with Crippen molar-refractivity contribution in [3.63, 3.8) is 0 Å². The van der Waals surface area contributed by atoms with Crippen molar-refractivity contribution in [2.45, 2.75) is 39.3 Å². The van der Waals surface area contributed by atoms with E-state index >= 15 is 0 Å². The van der Waals surface area contributed by atoms with Crippen molar-refractivity contribution in [1.82, 2.24) is 0 Å². The number of carbonyl (C=O) groups is 2. The van der Waals surface area contributed by atoms with Gasteiger partial charge >= 0.3 is 5.97 Å². The molecule has 0 amide bonds. The van der Waals surface area contributed by atoms with E-state index < -0.39 is 0 Å². The van der Waals surface area contributed by atoms with Crippen LogP contribution in [0.3, 0.4) is 0 Å². The molecule has 0 bridgehead atoms. The Labute approximate surface area is 197 Å². The molecule has 2 aromatic carbocycles. The van der Waals surface area contributed by atoms with Gasteiger partial charge in [-0.3, -0.25) is 14.1 Å². The van der Waals surface area contributed by atoms with Gasteiger partial charge < -0.3 is 14.2 Å². The van der Waals surface area contributed by atoms with Crippen molar-refractivity contribution in [2.75, 3.05) is 34.4 Å². The van der Waals surface area contributed by atoms with Crippen LogP contribution in [0.2, 0.25) is 0 Å². The molecule has 178 valence electrons. The molecule has 6 heteroatoms. The standard InChI is InChI=1S/C20H20O3.C7H16NO2/c21-17-10-12-18(13-11-17)22-14-3-4-15-23-20-9-5-7-16-6-1-2-8-19(16)20;1-6(8(3,4)5)10-7(2)9/h1-2,5-10,12-13H,3-4,11,14-15H2;6H,1-5H3/q;+1. The lowest BCUT2D eigenvalue weighted by Gasteiger charge is -2.29. The number of esters is 1. The summed E-state index contributed by atoms with van der Waals surface area (Å²) in [6.45, 7) is 4.61. The third-order valence-corrected chi connectivity index (χ3v) is 5.18. The van der Waals surface area contributed by atoms with Crippen molar-refractivity contribution in [2.24, 2.45) is 0 Å². The van der Waals surface area contributed by atoms with E-state index in [0.717, 1.165) is 29.7 Å². The predicted molar refractivity (Wildman–Crippen MR) is 131 cm³/mol. The van der Waals surface area contributed by atoms with Crippen molar-refractivity contribution >= 4 is 22.5 Å². The summed E-state index contributed by atoms with van der Waals surface area (Å²) >= 11 is 0. The van der Waals surface area contributed by atoms with Crippen LogP contribution in [0.15, 0.2) is 66.5 Å². The smallest absolute Gasteiger partial charge is 0.307 e. The zero-order valence-electron chi connectivity index (χ0n) is 20.4. The van der Waals surface area contributed by atoms with Gasteiger partial charge in [0.2, 0.25) is 6.23 Å². The Morgan fingerprint density at radius 2 is 1.64 bits per heavy atom. The quantitative estimate of drug-likeness (QED) is 0.230. The van der Waals surface area contributed by atoms with Crippen LogP contribution in [0.25, 0.3) is 10.8 Å². The number of benzene rings is 2. The Kier molecular flexibility index (Phi) is 10.1. The van der Waals surface area contributed by atoms with Crippen LogP contribution in [0.1, 0.15) is 33.1 Å². The van der Waals surface area contributed by atoms with E-state index in [1.54, 1.807) is 12.2 Å². The second kappa shape index (κ2) is 12.8. The first-order valence-corrected chi connectivity index (χ1v) is 11.3. The Bertz CT molecular complexity index is 982. The minimum atomic E-state index is -0.222. The van der Waals surface area contributed by atoms with E-state index in [1.165, 1.54) is 12.3 Å². The number of hydrogen-bond acceptors (Lipinski definition) is 5. The molecule has 1 aliphatic carbocycles. The summed E-state index contributed by atoms with van der Waals surface area (Å²) in [4.78, 5) is 21.5. The van der Waals surface area contributed by atoms with E-state index in [-0.39, 0.29) is 18.0 Å². The minimum Gasteiger partial charge on any atom is -0.494 e. The molecule has 0 saturated carbocycles. The number of unbranched alkanes of at least 4 members (excludes halogenated alkanes) is 1. The average molecular weight is 455 g/mol. The molecule has 1 aliphatic rings. The van der Waals surface area contributed by atoms with Crippen molar-refractivity contribution < 1.29 is 28.3 Å². The van der Waals surface area contributed by atoms with Crippen molar-refractivity contribution in [3.05, 3.63) is 66.5 Å². The van der Waals surface area contributed by atoms with Gasteiger partial charge in [-0.25, -0.2) is 0 Å². The first-order chi connectivity index (χ1) is 15.7. The lowest BCUT2D eigenvalue weighted by atomic mass is 10.1. The Hall–Kier alpha value is -3.12. The predicted octanol–water partition coefficient (Wildman–Crippen LogP) is 5.03. The summed E-state index contributed by atoms with van der Waals surface area (Å²) in [6.07, 6.45) is 7.35. The third kappa shape index (κ3) is 9.49. The monoisotopic (exact) mass is 454 g/mol. The van der Waals surface area contributed by atoms with E-state index in [9.17, 15) is 9.59 Å². The van der Waals surface area contributed by atoms with Crippen LogP contribution < -0.4 is 4.74 Å². The number of hydrogen-bond donors (Lipinski definition) is 0. The molecular formula is C27H36NO5+. The van der Waals surface area contributed by atoms with Gasteiger partial charge in [0.1, 0.15) is 11.5 Å². The highest BCUT2D eigenvalue weighted by Gasteiger charge is 2.20. The lowest BCUT2D eigenvalue weighted by Crippen LogP contribution is -2.45. The minimum absolute atomic E-state index is 0.0718. The van der Waals surface area contributed by atoms with Gasteiger partial charge in [-0.15, -0.1) is 0 Å². The molecule has 1 unspecified atom stereocenters. The summed E-state index contributed by atoms with van der Waals surface area (Å²) in [5, 5.41) is 2.34. The molecule has 0 saturated heterocycles. The molecule has 33 heavy (non-hydrogen) atoms. The van der Waals surface area contributed by atoms with Crippen LogP contribution >= 0.6 is 0 Å². The van der Waals surface area contributed by atoms with Crippen molar-refractivity contribution in [1.29, 1.82) is 0 Å². The van der Waals surface area contributed by atoms with Gasteiger partial charge in [0.05, 0.1) is 34.4 Å². The number of fused-ring (bicyclic) bond motifs is 1. The van der Waals surface area contributed by atoms with Crippen LogP contribution in [0.4, 0.5) is 0 Å². The Morgan fingerprint density at radius 1 is 0.970 bits per heavy atom. The summed E-state index contributed by atoms with van der Waals surface area (Å²) in [5.74, 6) is 1.63. The summed E-state index contributed by atoms with van der Waals surface area (Å²) < 4.78 is 17.1. The maximum atomic E-state index is 11.0. The van der Waals surface area contributed by atoms with Crippen LogP contribution in [0.5, 0.6) is 5.75 Å². The summed E-state index contributed by atoms with van der Waals surface area (Å²) in [7, 11) is 5.94. The molecule has 0 spiro atoms. The maximum absolute atomic E-state index is 11.0. The first-order valence-electron chi connectivity index (χ1n) is 11.3. The zero-order valence-corrected chi connectivity index (χ0v) is 20.4. The third-order valence-electron chi connectivity index (χ3n) is 5.18. The average Bonchev–Trinajstić information content (AvgIpc) is 2.77. The second-order valence-electron chi connectivity index (χ2n) is 8.82. The number of quaternary nitrogens is 1. The highest BCUT2D eigenvalue weighted by atomic mass is 16.6. The lowest BCUT2D eigenvalue weighted by molar-refractivity contribution is -0.914. The molecule has 2 aromatic rings. The van der Waals surface area contributed by atoms with Crippen LogP contribution in [-0.2, 0) is 19.1 Å². The number of ether oxygens (including phenoxy) is 3. The molecular weight excluding hydrogens is 418 g/mol. The first kappa shape index (κ1) is 26.1. The topological polar surface area (TPSA) is 61.8 Å². The summed E-state index contributed by atoms with van der Waals surface area (Å²) in [5.41, 5.74) is 0. The zero-order chi connectivity index (χ0) is 24.3. The highest BCUT2D eigenvalue weighted by Crippen LogP contribution is 2.25. The fourth-order valence-corrected chi connectivity index (χ4v) is 2.92. The highest BCUT2D eigenvalue weighted by molar-refractivity contribution is 5.92. The SMILES string of the molecule is CC(=O)OC(C)[N+](C)(C)C.O=C1C=CC(OCCCCOc2cccc3ccccc23)=CC1. The van der Waals surface area contributed by atoms with E-state index in [0.29, 0.717) is 24.1 Å². The van der Waals surface area contributed by atoms with Crippen molar-refractivity contribution in [3.8, 4) is 5.75 Å². The van der Waals surface area contributed by atoms with Crippen LogP contribution in [0, 0.1) is 0 Å². The van der Waals surface area contributed by atoms with Gasteiger partial charge in [-0.2, -0.15) is 0 Å². The normalized spacial score (nSPS) is 14.1. The number of nitrogens with zero attached hydrogens (tertiary/aromatic N) is 1. The molecule has 3 rings (SSSR count). The molecule has 0 heterocycles. The molecule has 0 N–H and O–H groups in total. The molecule has 0 aromatic heterocycles. The van der Waals surface area contributed by atoms with E-state index in [2.05, 4.69) is 18.2 Å². The molecule has 0 aliphatic heterocycles. The molecule has 1 atom stereocenters. The number of carbonyl (C=O) groups excluding carboxylic acids is 2.